The molecule has 3 rings (SSSR count). The molecule has 0 aliphatic carbocycles. The molecule has 1 aliphatic rings. The number of ether oxygens (including phenoxy) is 1. The minimum absolute atomic E-state index is 0.0778. The fourth-order valence-electron chi connectivity index (χ4n) is 2.78. The van der Waals surface area contributed by atoms with E-state index >= 15 is 0 Å². The molecular formula is C20H21N3O3S. The first kappa shape index (κ1) is 19.0. The Morgan fingerprint density at radius 1 is 1.19 bits per heavy atom. The number of amides is 2. The van der Waals surface area contributed by atoms with Crippen LogP contribution in [0.1, 0.15) is 17.5 Å². The number of hydrogen-bond acceptors (Lipinski definition) is 5. The monoisotopic (exact) mass is 383 g/mol. The Labute approximate surface area is 162 Å². The van der Waals surface area contributed by atoms with Gasteiger partial charge in [0.15, 0.2) is 5.17 Å². The van der Waals surface area contributed by atoms with Crippen LogP contribution in [-0.4, -0.2) is 29.3 Å². The summed E-state index contributed by atoms with van der Waals surface area (Å²) in [5, 5.41) is 5.57. The van der Waals surface area contributed by atoms with Crippen LogP contribution in [0, 0.1) is 13.8 Å². The Balaban J connectivity index is 1.61. The summed E-state index contributed by atoms with van der Waals surface area (Å²) in [4.78, 5) is 28.9. The molecule has 0 saturated carbocycles. The lowest BCUT2D eigenvalue weighted by atomic mass is 10.1. The van der Waals surface area contributed by atoms with Crippen molar-refractivity contribution in [3.8, 4) is 5.75 Å². The van der Waals surface area contributed by atoms with Crippen molar-refractivity contribution in [2.75, 3.05) is 12.4 Å². The SMILES string of the molecule is COc1ccc(NC(=O)CC2SC(=Nc3cc(C)cc(C)c3)NC2=O)cc1. The number of hydrogen-bond donors (Lipinski definition) is 2. The first-order valence-corrected chi connectivity index (χ1v) is 9.39. The van der Waals surface area contributed by atoms with E-state index in [9.17, 15) is 9.59 Å². The van der Waals surface area contributed by atoms with Gasteiger partial charge in [0, 0.05) is 12.1 Å². The van der Waals surface area contributed by atoms with E-state index < -0.39 is 5.25 Å². The van der Waals surface area contributed by atoms with Gasteiger partial charge in [0.1, 0.15) is 11.0 Å². The van der Waals surface area contributed by atoms with Gasteiger partial charge in [-0.05, 0) is 61.4 Å². The van der Waals surface area contributed by atoms with Crippen molar-refractivity contribution in [1.82, 2.24) is 5.32 Å². The molecule has 1 fully saturated rings. The lowest BCUT2D eigenvalue weighted by molar-refractivity contribution is -0.122. The number of methoxy groups -OCH3 is 1. The van der Waals surface area contributed by atoms with Gasteiger partial charge < -0.3 is 15.4 Å². The highest BCUT2D eigenvalue weighted by Gasteiger charge is 2.32. The van der Waals surface area contributed by atoms with Gasteiger partial charge in [-0.2, -0.15) is 0 Å². The van der Waals surface area contributed by atoms with Gasteiger partial charge in [-0.25, -0.2) is 4.99 Å². The van der Waals surface area contributed by atoms with E-state index in [0.29, 0.717) is 16.6 Å². The Morgan fingerprint density at radius 2 is 1.85 bits per heavy atom. The van der Waals surface area contributed by atoms with E-state index in [0.717, 1.165) is 16.8 Å². The second-order valence-electron chi connectivity index (χ2n) is 6.34. The number of carbonyl (C=O) groups is 2. The third-order valence-electron chi connectivity index (χ3n) is 3.96. The predicted molar refractivity (Wildman–Crippen MR) is 109 cm³/mol. The van der Waals surface area contributed by atoms with E-state index in [-0.39, 0.29) is 18.2 Å². The molecular weight excluding hydrogens is 362 g/mol. The molecule has 0 spiro atoms. The normalized spacial score (nSPS) is 17.7. The Kier molecular flexibility index (Phi) is 5.81. The summed E-state index contributed by atoms with van der Waals surface area (Å²) in [6.07, 6.45) is 0.0778. The van der Waals surface area contributed by atoms with Crippen LogP contribution in [0.5, 0.6) is 5.75 Å². The first-order chi connectivity index (χ1) is 12.9. The molecule has 2 aromatic rings. The van der Waals surface area contributed by atoms with Crippen LogP contribution in [-0.2, 0) is 9.59 Å². The van der Waals surface area contributed by atoms with Crippen molar-refractivity contribution in [3.05, 3.63) is 53.6 Å². The molecule has 1 atom stereocenters. The maximum Gasteiger partial charge on any atom is 0.240 e. The predicted octanol–water partition coefficient (Wildman–Crippen LogP) is 3.56. The van der Waals surface area contributed by atoms with E-state index in [2.05, 4.69) is 21.7 Å². The van der Waals surface area contributed by atoms with Crippen LogP contribution < -0.4 is 15.4 Å². The highest BCUT2D eigenvalue weighted by Crippen LogP contribution is 2.26. The number of amidine groups is 1. The van der Waals surface area contributed by atoms with Gasteiger partial charge in [-0.1, -0.05) is 17.8 Å². The van der Waals surface area contributed by atoms with E-state index in [4.69, 9.17) is 4.74 Å². The smallest absolute Gasteiger partial charge is 0.240 e. The third kappa shape index (κ3) is 5.10. The quantitative estimate of drug-likeness (QED) is 0.827. The van der Waals surface area contributed by atoms with Gasteiger partial charge >= 0.3 is 0 Å². The molecule has 2 amide bonds. The average Bonchev–Trinajstić information content (AvgIpc) is 2.93. The van der Waals surface area contributed by atoms with Crippen molar-refractivity contribution < 1.29 is 14.3 Å². The van der Waals surface area contributed by atoms with Crippen molar-refractivity contribution in [2.45, 2.75) is 25.5 Å². The number of nitrogens with one attached hydrogen (secondary N) is 2. The number of aliphatic imine (C=N–C) groups is 1. The zero-order valence-corrected chi connectivity index (χ0v) is 16.2. The number of nitrogens with zero attached hydrogens (tertiary/aromatic N) is 1. The molecule has 0 radical (unpaired) electrons. The number of carbonyl (C=O) groups excluding carboxylic acids is 2. The maximum absolute atomic E-state index is 12.2. The fourth-order valence-corrected chi connectivity index (χ4v) is 3.77. The zero-order chi connectivity index (χ0) is 19.4. The van der Waals surface area contributed by atoms with Crippen LogP contribution in [0.2, 0.25) is 0 Å². The van der Waals surface area contributed by atoms with Crippen molar-refractivity contribution in [2.24, 2.45) is 4.99 Å². The van der Waals surface area contributed by atoms with E-state index in [1.54, 1.807) is 31.4 Å². The topological polar surface area (TPSA) is 79.8 Å². The number of thioether (sulfide) groups is 1. The van der Waals surface area contributed by atoms with Gasteiger partial charge in [0.2, 0.25) is 11.8 Å². The number of aryl methyl sites for hydroxylation is 2. The summed E-state index contributed by atoms with van der Waals surface area (Å²) in [5.41, 5.74) is 3.67. The summed E-state index contributed by atoms with van der Waals surface area (Å²) in [6, 6.07) is 13.0. The summed E-state index contributed by atoms with van der Waals surface area (Å²) in [7, 11) is 1.58. The Bertz CT molecular complexity index is 874. The van der Waals surface area contributed by atoms with Crippen molar-refractivity contribution in [3.63, 3.8) is 0 Å². The van der Waals surface area contributed by atoms with Gasteiger partial charge in [0.05, 0.1) is 12.8 Å². The van der Waals surface area contributed by atoms with Crippen LogP contribution in [0.4, 0.5) is 11.4 Å². The van der Waals surface area contributed by atoms with Crippen molar-refractivity contribution >= 4 is 40.1 Å². The molecule has 6 nitrogen and oxygen atoms in total. The van der Waals surface area contributed by atoms with Crippen LogP contribution in [0.15, 0.2) is 47.5 Å². The average molecular weight is 383 g/mol. The molecule has 1 heterocycles. The van der Waals surface area contributed by atoms with E-state index in [1.165, 1.54) is 11.8 Å². The zero-order valence-electron chi connectivity index (χ0n) is 15.4. The summed E-state index contributed by atoms with van der Waals surface area (Å²) >= 11 is 1.28. The van der Waals surface area contributed by atoms with Crippen LogP contribution in [0.25, 0.3) is 0 Å². The molecule has 1 unspecified atom stereocenters. The summed E-state index contributed by atoms with van der Waals surface area (Å²) in [5.74, 6) is 0.291. The largest absolute Gasteiger partial charge is 0.497 e. The number of anilines is 1. The van der Waals surface area contributed by atoms with Gasteiger partial charge in [-0.15, -0.1) is 0 Å². The fraction of sp³-hybridized carbons (Fsp3) is 0.250. The third-order valence-corrected chi connectivity index (χ3v) is 5.04. The molecule has 7 heteroatoms. The first-order valence-electron chi connectivity index (χ1n) is 8.51. The molecule has 2 aromatic carbocycles. The van der Waals surface area contributed by atoms with Gasteiger partial charge in [0.25, 0.3) is 0 Å². The maximum atomic E-state index is 12.2. The van der Waals surface area contributed by atoms with Gasteiger partial charge in [-0.3, -0.25) is 9.59 Å². The Hall–Kier alpha value is -2.80. The van der Waals surface area contributed by atoms with Crippen LogP contribution >= 0.6 is 11.8 Å². The van der Waals surface area contributed by atoms with E-state index in [1.807, 2.05) is 26.0 Å². The highest BCUT2D eigenvalue weighted by atomic mass is 32.2. The lowest BCUT2D eigenvalue weighted by Crippen LogP contribution is -2.28. The summed E-state index contributed by atoms with van der Waals surface area (Å²) in [6.45, 7) is 4.01. The molecule has 0 aromatic heterocycles. The molecule has 1 aliphatic heterocycles. The Morgan fingerprint density at radius 3 is 2.48 bits per heavy atom. The molecule has 1 saturated heterocycles. The minimum Gasteiger partial charge on any atom is -0.497 e. The van der Waals surface area contributed by atoms with Crippen LogP contribution in [0.3, 0.4) is 0 Å². The molecule has 27 heavy (non-hydrogen) atoms. The minimum atomic E-state index is -0.493. The molecule has 2 N–H and O–H groups in total. The number of rotatable bonds is 5. The highest BCUT2D eigenvalue weighted by molar-refractivity contribution is 8.15. The summed E-state index contributed by atoms with van der Waals surface area (Å²) < 4.78 is 5.09. The molecule has 0 bridgehead atoms. The molecule has 140 valence electrons. The second kappa shape index (κ2) is 8.26. The van der Waals surface area contributed by atoms with Crippen molar-refractivity contribution in [1.29, 1.82) is 0 Å². The second-order valence-corrected chi connectivity index (χ2v) is 7.53. The standard InChI is InChI=1S/C20H21N3O3S/c1-12-8-13(2)10-15(9-12)22-20-23-19(25)17(27-20)11-18(24)21-14-4-6-16(26-3)7-5-14/h4-10,17H,11H2,1-3H3,(H,21,24)(H,22,23,25). The number of benzene rings is 2. The lowest BCUT2D eigenvalue weighted by Gasteiger charge is -2.08.